The van der Waals surface area contributed by atoms with E-state index in [1.165, 1.54) is 32.5 Å². The van der Waals surface area contributed by atoms with Crippen molar-refractivity contribution in [2.75, 3.05) is 55.4 Å². The molecule has 0 aromatic carbocycles. The Kier molecular flexibility index (Phi) is 13.1. The Morgan fingerprint density at radius 1 is 0.683 bits per heavy atom. The maximum absolute atomic E-state index is 13.7. The number of amides is 5. The van der Waals surface area contributed by atoms with Gasteiger partial charge in [0, 0.05) is 94.8 Å². The number of nitrogens with one attached hydrogen (secondary N) is 1. The second-order valence-electron chi connectivity index (χ2n) is 18.7. The van der Waals surface area contributed by atoms with Crippen molar-refractivity contribution in [1.29, 1.82) is 0 Å². The molecular weight excluding hydrogens is 897 g/mol. The van der Waals surface area contributed by atoms with Gasteiger partial charge in [-0.2, -0.15) is 25.9 Å². The average molecular weight is 955 g/mol. The number of nitrogens with zero attached hydrogens (tertiary/aromatic N) is 9. The summed E-state index contributed by atoms with van der Waals surface area (Å²) in [6.07, 6.45) is 2.72. The van der Waals surface area contributed by atoms with E-state index >= 15 is 0 Å². The van der Waals surface area contributed by atoms with E-state index in [0.29, 0.717) is 43.0 Å². The Bertz CT molecular complexity index is 2380. The highest BCUT2D eigenvalue weighted by molar-refractivity contribution is 7.88. The van der Waals surface area contributed by atoms with Crippen LogP contribution in [0.2, 0.25) is 0 Å². The fourth-order valence-electron chi connectivity index (χ4n) is 9.31. The van der Waals surface area contributed by atoms with Crippen molar-refractivity contribution in [3.63, 3.8) is 0 Å². The van der Waals surface area contributed by atoms with Crippen molar-refractivity contribution in [2.24, 2.45) is 11.8 Å². The minimum Gasteiger partial charge on any atom is -0.443 e. The minimum atomic E-state index is -4.54. The van der Waals surface area contributed by atoms with Crippen LogP contribution in [0.5, 0.6) is 0 Å². The molecule has 2 unspecified atom stereocenters. The first kappa shape index (κ1) is 47.2. The summed E-state index contributed by atoms with van der Waals surface area (Å²) in [7, 11) is 2.19. The summed E-state index contributed by atoms with van der Waals surface area (Å²) in [6.45, 7) is 7.98. The molecule has 0 spiro atoms. The van der Waals surface area contributed by atoms with Crippen LogP contribution in [0.3, 0.4) is 0 Å². The Balaban J connectivity index is 0.000000193. The lowest BCUT2D eigenvalue weighted by Crippen LogP contribution is -2.48. The molecule has 0 bridgehead atoms. The van der Waals surface area contributed by atoms with E-state index in [9.17, 15) is 40.8 Å². The monoisotopic (exact) mass is 954 g/mol. The summed E-state index contributed by atoms with van der Waals surface area (Å²) < 4.78 is 63.3. The van der Waals surface area contributed by atoms with Crippen molar-refractivity contribution in [3.05, 3.63) is 31.2 Å². The van der Waals surface area contributed by atoms with Gasteiger partial charge >= 0.3 is 26.5 Å². The SMILES string of the molecule is CN1CCc2nc(C(=O)N3[C@@H]4C[C@@H](C(=O)N(C)C)CCC4N(C(=O)OC(C)(C)C)S3(=O)=O)sc2C1.CN1CCc2nc(C(=O)N3[C@@H]4C[C@@H](C(=O)N(C)C)CCC4NS3(=O)=O)sc2C1. The van der Waals surface area contributed by atoms with Crippen molar-refractivity contribution in [2.45, 2.75) is 115 Å². The summed E-state index contributed by atoms with van der Waals surface area (Å²) in [5, 5.41) is 0.298. The van der Waals surface area contributed by atoms with Crippen LogP contribution >= 0.6 is 22.7 Å². The zero-order valence-electron chi connectivity index (χ0n) is 37.2. The minimum absolute atomic E-state index is 0.0251. The summed E-state index contributed by atoms with van der Waals surface area (Å²) in [5.41, 5.74) is 0.771. The molecule has 1 N–H and O–H groups in total. The lowest BCUT2D eigenvalue weighted by atomic mass is 9.81. The maximum atomic E-state index is 13.7. The van der Waals surface area contributed by atoms with Crippen LogP contribution in [0.1, 0.15) is 100 Å². The van der Waals surface area contributed by atoms with Crippen molar-refractivity contribution in [1.82, 2.24) is 47.2 Å². The van der Waals surface area contributed by atoms with Crippen LogP contribution in [-0.4, -0.2) is 174 Å². The van der Waals surface area contributed by atoms with Crippen LogP contribution in [0.4, 0.5) is 4.79 Å². The highest BCUT2D eigenvalue weighted by atomic mass is 32.2. The van der Waals surface area contributed by atoms with Gasteiger partial charge in [0.1, 0.15) is 5.60 Å². The second kappa shape index (κ2) is 17.5. The van der Waals surface area contributed by atoms with Gasteiger partial charge in [-0.25, -0.2) is 23.4 Å². The lowest BCUT2D eigenvalue weighted by molar-refractivity contribution is -0.135. The average Bonchev–Trinajstić information content (AvgIpc) is 3.93. The Morgan fingerprint density at radius 2 is 1.16 bits per heavy atom. The molecule has 348 valence electrons. The lowest BCUT2D eigenvalue weighted by Gasteiger charge is -2.34. The number of aromatic nitrogens is 2. The summed E-state index contributed by atoms with van der Waals surface area (Å²) in [6, 6.07) is -2.57. The fourth-order valence-corrected chi connectivity index (χ4v) is 15.2. The van der Waals surface area contributed by atoms with Crippen molar-refractivity contribution in [3.8, 4) is 0 Å². The molecule has 6 atom stereocenters. The number of rotatable bonds is 4. The number of ether oxygens (including phenoxy) is 1. The molecule has 24 heteroatoms. The van der Waals surface area contributed by atoms with Crippen LogP contribution < -0.4 is 4.72 Å². The predicted octanol–water partition coefficient (Wildman–Crippen LogP) is 1.74. The zero-order valence-corrected chi connectivity index (χ0v) is 40.5. The Labute approximate surface area is 377 Å². The van der Waals surface area contributed by atoms with Gasteiger partial charge in [0.25, 0.3) is 11.8 Å². The Hall–Kier alpha value is -3.81. The van der Waals surface area contributed by atoms with E-state index in [1.54, 1.807) is 49.0 Å². The van der Waals surface area contributed by atoms with Gasteiger partial charge in [-0.1, -0.05) is 0 Å². The number of likely N-dealkylation sites (N-methyl/N-ethyl adjacent to an activating group) is 2. The number of hydrogen-bond acceptors (Lipinski definition) is 16. The van der Waals surface area contributed by atoms with Gasteiger partial charge in [0.05, 0.1) is 29.5 Å². The Morgan fingerprint density at radius 3 is 1.65 bits per heavy atom. The van der Waals surface area contributed by atoms with Gasteiger partial charge in [-0.05, 0) is 73.4 Å². The molecule has 2 aromatic heterocycles. The summed E-state index contributed by atoms with van der Waals surface area (Å²) in [4.78, 5) is 83.1. The van der Waals surface area contributed by atoms with Crippen molar-refractivity contribution >= 4 is 72.8 Å². The highest BCUT2D eigenvalue weighted by Crippen LogP contribution is 2.43. The topological polar surface area (TPSA) is 223 Å². The molecule has 63 heavy (non-hydrogen) atoms. The molecule has 6 heterocycles. The normalized spacial score (nSPS) is 27.5. The number of thiazole rings is 2. The number of carbonyl (C=O) groups excluding carboxylic acids is 5. The molecule has 20 nitrogen and oxygen atoms in total. The molecule has 5 amide bonds. The number of hydrogen-bond donors (Lipinski definition) is 1. The third kappa shape index (κ3) is 9.35. The molecular formula is C39H58N10O10S4. The van der Waals surface area contributed by atoms with Gasteiger partial charge in [0.2, 0.25) is 11.8 Å². The summed E-state index contributed by atoms with van der Waals surface area (Å²) >= 11 is 2.46. The van der Waals surface area contributed by atoms with E-state index < -0.39 is 68.0 Å². The van der Waals surface area contributed by atoms with Gasteiger partial charge in [-0.15, -0.1) is 22.7 Å². The van der Waals surface area contributed by atoms with Gasteiger partial charge < -0.3 is 24.3 Å². The van der Waals surface area contributed by atoms with E-state index in [-0.39, 0.29) is 46.6 Å². The molecule has 2 aromatic rings. The van der Waals surface area contributed by atoms with E-state index in [1.807, 2.05) is 14.1 Å². The third-order valence-electron chi connectivity index (χ3n) is 12.3. The van der Waals surface area contributed by atoms with Gasteiger partial charge in [-0.3, -0.25) is 19.2 Å². The van der Waals surface area contributed by atoms with E-state index in [2.05, 4.69) is 24.5 Å². The molecule has 2 saturated carbocycles. The predicted molar refractivity (Wildman–Crippen MR) is 233 cm³/mol. The maximum Gasteiger partial charge on any atom is 0.425 e. The van der Waals surface area contributed by atoms with E-state index in [0.717, 1.165) is 55.8 Å². The zero-order chi connectivity index (χ0) is 46.1. The van der Waals surface area contributed by atoms with Gasteiger partial charge in [0.15, 0.2) is 10.0 Å². The molecule has 2 saturated heterocycles. The van der Waals surface area contributed by atoms with Crippen LogP contribution in [-0.2, 0) is 60.7 Å². The molecule has 2 aliphatic carbocycles. The quantitative estimate of drug-likeness (QED) is 0.462. The smallest absolute Gasteiger partial charge is 0.425 e. The molecule has 4 aliphatic heterocycles. The highest BCUT2D eigenvalue weighted by Gasteiger charge is 2.59. The van der Waals surface area contributed by atoms with Crippen molar-refractivity contribution < 1.29 is 45.5 Å². The van der Waals surface area contributed by atoms with Crippen LogP contribution in [0.15, 0.2) is 0 Å². The van der Waals surface area contributed by atoms with E-state index in [4.69, 9.17) is 4.74 Å². The molecule has 6 aliphatic rings. The molecule has 8 rings (SSSR count). The largest absolute Gasteiger partial charge is 0.443 e. The second-order valence-corrected chi connectivity index (χ2v) is 24.1. The standard InChI is InChI=1S/C22H33N5O6S2.C17H25N5O4S2/c1-22(2,3)33-21(30)27-15-8-7-13(19(28)24(4)5)11-16(15)26(35(27,31)32)20(29)18-23-14-9-10-25(6)12-17(14)34-18;1-20(2)16(23)10-4-5-11-13(8-10)22(28(25,26)19-11)17(24)15-18-12-6-7-21(3)9-14(12)27-15/h13,15-16H,7-12H2,1-6H3;10-11,13,19H,4-9H2,1-3H3/t13-,15?,16+;10-,11?,13+/m00/s1. The van der Waals surface area contributed by atoms with Crippen LogP contribution in [0, 0.1) is 11.8 Å². The first-order chi connectivity index (χ1) is 29.4. The molecule has 0 radical (unpaired) electrons. The first-order valence-corrected chi connectivity index (χ1v) is 25.6. The third-order valence-corrected chi connectivity index (χ3v) is 17.9. The fraction of sp³-hybridized carbons (Fsp3) is 0.718. The number of carbonyl (C=O) groups is 5. The number of fused-ring (bicyclic) bond motifs is 4. The summed E-state index contributed by atoms with van der Waals surface area (Å²) in [5.74, 6) is -2.22. The first-order valence-electron chi connectivity index (χ1n) is 21.1. The molecule has 4 fully saturated rings. The van der Waals surface area contributed by atoms with Crippen LogP contribution in [0.25, 0.3) is 0 Å².